The van der Waals surface area contributed by atoms with E-state index in [4.69, 9.17) is 4.52 Å². The molecule has 5 heteroatoms. The summed E-state index contributed by atoms with van der Waals surface area (Å²) < 4.78 is 5.62. The Balaban J connectivity index is 1.74. The Kier molecular flexibility index (Phi) is 3.92. The third-order valence-corrected chi connectivity index (χ3v) is 4.70. The van der Waals surface area contributed by atoms with Crippen molar-refractivity contribution in [3.05, 3.63) is 35.7 Å². The maximum absolute atomic E-state index is 5.62. The fourth-order valence-electron chi connectivity index (χ4n) is 3.38. The fourth-order valence-corrected chi connectivity index (χ4v) is 3.38. The molecule has 1 aliphatic rings. The summed E-state index contributed by atoms with van der Waals surface area (Å²) in [5.41, 5.74) is 4.45. The van der Waals surface area contributed by atoms with Crippen LogP contribution in [0.15, 0.2) is 28.8 Å². The molecule has 124 valence electrons. The van der Waals surface area contributed by atoms with E-state index in [-0.39, 0.29) is 0 Å². The molecule has 0 bridgehead atoms. The molecule has 0 unspecified atom stereocenters. The number of aromatic nitrogens is 3. The zero-order chi connectivity index (χ0) is 16.5. The molecule has 0 atom stereocenters. The zero-order valence-electron chi connectivity index (χ0n) is 14.2. The van der Waals surface area contributed by atoms with Gasteiger partial charge in [0.25, 0.3) is 0 Å². The van der Waals surface area contributed by atoms with Gasteiger partial charge in [-0.1, -0.05) is 54.2 Å². The Morgan fingerprint density at radius 1 is 1.00 bits per heavy atom. The first-order valence-corrected chi connectivity index (χ1v) is 8.68. The Morgan fingerprint density at radius 3 is 2.50 bits per heavy atom. The van der Waals surface area contributed by atoms with Crippen LogP contribution in [0.5, 0.6) is 0 Å². The number of rotatable bonds is 3. The van der Waals surface area contributed by atoms with Crippen LogP contribution in [-0.2, 0) is 0 Å². The van der Waals surface area contributed by atoms with E-state index >= 15 is 0 Å². The first-order chi connectivity index (χ1) is 11.7. The average Bonchev–Trinajstić information content (AvgIpc) is 3.00. The van der Waals surface area contributed by atoms with E-state index in [1.807, 2.05) is 6.92 Å². The van der Waals surface area contributed by atoms with Crippen molar-refractivity contribution in [1.29, 1.82) is 0 Å². The van der Waals surface area contributed by atoms with Crippen molar-refractivity contribution >= 4 is 16.9 Å². The van der Waals surface area contributed by atoms with Gasteiger partial charge in [-0.15, -0.1) is 0 Å². The highest BCUT2D eigenvalue weighted by molar-refractivity contribution is 5.93. The summed E-state index contributed by atoms with van der Waals surface area (Å²) in [7, 11) is 0. The van der Waals surface area contributed by atoms with Crippen LogP contribution < -0.4 is 5.32 Å². The topological polar surface area (TPSA) is 63.8 Å². The van der Waals surface area contributed by atoms with Crippen molar-refractivity contribution in [2.45, 2.75) is 52.0 Å². The van der Waals surface area contributed by atoms with Crippen molar-refractivity contribution in [2.24, 2.45) is 0 Å². The van der Waals surface area contributed by atoms with Crippen LogP contribution in [0.1, 0.15) is 43.5 Å². The van der Waals surface area contributed by atoms with E-state index < -0.39 is 0 Å². The molecule has 24 heavy (non-hydrogen) atoms. The number of benzene rings is 1. The lowest BCUT2D eigenvalue weighted by Crippen LogP contribution is -2.23. The average molecular weight is 322 g/mol. The van der Waals surface area contributed by atoms with Crippen LogP contribution in [0.25, 0.3) is 22.4 Å². The van der Waals surface area contributed by atoms with E-state index in [2.05, 4.69) is 51.6 Å². The molecule has 5 nitrogen and oxygen atoms in total. The number of fused-ring (bicyclic) bond motifs is 1. The summed E-state index contributed by atoms with van der Waals surface area (Å²) in [5, 5.41) is 7.83. The number of anilines is 1. The van der Waals surface area contributed by atoms with Gasteiger partial charge in [-0.3, -0.25) is 0 Å². The summed E-state index contributed by atoms with van der Waals surface area (Å²) >= 11 is 0. The Hall–Kier alpha value is -2.43. The molecule has 1 fully saturated rings. The number of nitrogens with one attached hydrogen (secondary N) is 1. The summed E-state index contributed by atoms with van der Waals surface area (Å²) in [6, 6.07) is 8.72. The second kappa shape index (κ2) is 6.23. The number of hydrogen-bond donors (Lipinski definition) is 1. The first-order valence-electron chi connectivity index (χ1n) is 8.68. The van der Waals surface area contributed by atoms with Crippen LogP contribution in [0.2, 0.25) is 0 Å². The molecule has 1 N–H and O–H groups in total. The lowest BCUT2D eigenvalue weighted by molar-refractivity contribution is 0.450. The Morgan fingerprint density at radius 2 is 1.75 bits per heavy atom. The van der Waals surface area contributed by atoms with Crippen LogP contribution in [0.4, 0.5) is 5.82 Å². The molecule has 1 saturated carbocycles. The molecule has 3 aromatic rings. The van der Waals surface area contributed by atoms with Gasteiger partial charge in [0.15, 0.2) is 5.82 Å². The van der Waals surface area contributed by atoms with Crippen LogP contribution in [-0.4, -0.2) is 21.2 Å². The highest BCUT2D eigenvalue weighted by Crippen LogP contribution is 2.31. The predicted molar refractivity (Wildman–Crippen MR) is 95.0 cm³/mol. The van der Waals surface area contributed by atoms with Crippen LogP contribution in [0, 0.1) is 13.8 Å². The highest BCUT2D eigenvalue weighted by atomic mass is 16.5. The number of hydrogen-bond acceptors (Lipinski definition) is 5. The molecule has 1 aliphatic carbocycles. The Bertz CT molecular complexity index is 848. The predicted octanol–water partition coefficient (Wildman–Crippen LogP) is 4.65. The van der Waals surface area contributed by atoms with Crippen LogP contribution >= 0.6 is 0 Å². The molecule has 2 aromatic heterocycles. The van der Waals surface area contributed by atoms with Gasteiger partial charge in [0.05, 0.1) is 0 Å². The first kappa shape index (κ1) is 15.1. The summed E-state index contributed by atoms with van der Waals surface area (Å²) in [6.45, 7) is 3.99. The largest absolute Gasteiger partial charge is 0.364 e. The van der Waals surface area contributed by atoms with Gasteiger partial charge in [0, 0.05) is 11.6 Å². The zero-order valence-corrected chi connectivity index (χ0v) is 14.2. The van der Waals surface area contributed by atoms with Gasteiger partial charge in [-0.25, -0.2) is 9.97 Å². The van der Waals surface area contributed by atoms with Crippen molar-refractivity contribution in [1.82, 2.24) is 15.1 Å². The molecule has 1 aromatic carbocycles. The maximum atomic E-state index is 5.62. The molecule has 0 amide bonds. The number of aryl methyl sites for hydroxylation is 2. The van der Waals surface area contributed by atoms with Gasteiger partial charge in [-0.05, 0) is 26.7 Å². The second-order valence-corrected chi connectivity index (χ2v) is 6.67. The minimum atomic E-state index is 0.462. The van der Waals surface area contributed by atoms with Gasteiger partial charge < -0.3 is 9.84 Å². The second-order valence-electron chi connectivity index (χ2n) is 6.67. The van der Waals surface area contributed by atoms with Crippen molar-refractivity contribution in [3.8, 4) is 11.3 Å². The van der Waals surface area contributed by atoms with E-state index in [1.165, 1.54) is 37.7 Å². The number of nitrogens with zero attached hydrogens (tertiary/aromatic N) is 3. The molecule has 0 aliphatic heterocycles. The monoisotopic (exact) mass is 322 g/mol. The van der Waals surface area contributed by atoms with E-state index in [1.54, 1.807) is 0 Å². The van der Waals surface area contributed by atoms with E-state index in [9.17, 15) is 0 Å². The lowest BCUT2D eigenvalue weighted by Gasteiger charge is -2.23. The fraction of sp³-hybridized carbons (Fsp3) is 0.421. The Labute approximate surface area is 141 Å². The van der Waals surface area contributed by atoms with Crippen molar-refractivity contribution < 1.29 is 4.52 Å². The quantitative estimate of drug-likeness (QED) is 0.760. The summed E-state index contributed by atoms with van der Waals surface area (Å²) in [6.07, 6.45) is 6.25. The third-order valence-electron chi connectivity index (χ3n) is 4.70. The molecule has 2 heterocycles. The van der Waals surface area contributed by atoms with Gasteiger partial charge in [0.2, 0.25) is 5.58 Å². The van der Waals surface area contributed by atoms with Crippen LogP contribution in [0.3, 0.4) is 0 Å². The normalized spacial score (nSPS) is 15.8. The van der Waals surface area contributed by atoms with Gasteiger partial charge >= 0.3 is 0 Å². The minimum absolute atomic E-state index is 0.462. The minimum Gasteiger partial charge on any atom is -0.364 e. The maximum Gasteiger partial charge on any atom is 0.228 e. The molecule has 4 rings (SSSR count). The molecule has 0 radical (unpaired) electrons. The molecule has 0 saturated heterocycles. The van der Waals surface area contributed by atoms with E-state index in [0.717, 1.165) is 28.4 Å². The summed E-state index contributed by atoms with van der Waals surface area (Å²) in [4.78, 5) is 9.14. The van der Waals surface area contributed by atoms with Crippen molar-refractivity contribution in [3.63, 3.8) is 0 Å². The van der Waals surface area contributed by atoms with Gasteiger partial charge in [-0.2, -0.15) is 0 Å². The summed E-state index contributed by atoms with van der Waals surface area (Å²) in [5.74, 6) is 1.51. The van der Waals surface area contributed by atoms with Gasteiger partial charge in [0.1, 0.15) is 17.0 Å². The highest BCUT2D eigenvalue weighted by Gasteiger charge is 2.20. The van der Waals surface area contributed by atoms with Crippen molar-refractivity contribution in [2.75, 3.05) is 5.32 Å². The SMILES string of the molecule is Cc1ccc(-c2noc3c(NC4CCCCC4)nc(C)nc23)cc1. The molecule has 0 spiro atoms. The lowest BCUT2D eigenvalue weighted by atomic mass is 9.95. The molecular weight excluding hydrogens is 300 g/mol. The standard InChI is InChI=1S/C19H22N4O/c1-12-8-10-14(11-9-12)16-17-18(24-23-16)19(21-13(2)20-17)22-15-6-4-3-5-7-15/h8-11,15H,3-7H2,1-2H3,(H,20,21,22). The van der Waals surface area contributed by atoms with E-state index in [0.29, 0.717) is 11.6 Å². The molecular formula is C19H22N4O. The smallest absolute Gasteiger partial charge is 0.228 e. The third kappa shape index (κ3) is 2.86.